The molecule has 176 valence electrons. The number of ether oxygens (including phenoxy) is 1. The highest BCUT2D eigenvalue weighted by molar-refractivity contribution is 7.89. The molecule has 0 aliphatic carbocycles. The third-order valence-corrected chi connectivity index (χ3v) is 6.51. The molecule has 3 rings (SSSR count). The SMILES string of the molecule is COC(=O)c1ccc(/C=N\NC(=O)CN(Cc2ccc(F)cc2)S(=O)(=O)c2ccccc2)cc1. The van der Waals surface area contributed by atoms with Gasteiger partial charge in [0.05, 0.1) is 30.3 Å². The van der Waals surface area contributed by atoms with Crippen molar-refractivity contribution in [3.63, 3.8) is 0 Å². The molecule has 0 saturated heterocycles. The van der Waals surface area contributed by atoms with E-state index in [0.29, 0.717) is 16.7 Å². The van der Waals surface area contributed by atoms with E-state index in [1.165, 1.54) is 49.7 Å². The summed E-state index contributed by atoms with van der Waals surface area (Å²) in [5, 5.41) is 3.85. The van der Waals surface area contributed by atoms with E-state index >= 15 is 0 Å². The van der Waals surface area contributed by atoms with E-state index in [9.17, 15) is 22.4 Å². The van der Waals surface area contributed by atoms with Gasteiger partial charge in [-0.2, -0.15) is 9.41 Å². The zero-order valence-electron chi connectivity index (χ0n) is 18.2. The third kappa shape index (κ3) is 6.56. The molecular formula is C24H22FN3O5S. The van der Waals surface area contributed by atoms with Gasteiger partial charge in [-0.25, -0.2) is 23.0 Å². The Hall–Kier alpha value is -3.89. The fraction of sp³-hybridized carbons (Fsp3) is 0.125. The van der Waals surface area contributed by atoms with Gasteiger partial charge in [-0.1, -0.05) is 42.5 Å². The molecule has 3 aromatic carbocycles. The number of hydrogen-bond donors (Lipinski definition) is 1. The van der Waals surface area contributed by atoms with Crippen molar-refractivity contribution in [1.82, 2.24) is 9.73 Å². The van der Waals surface area contributed by atoms with Crippen LogP contribution >= 0.6 is 0 Å². The predicted octanol–water partition coefficient (Wildman–Crippen LogP) is 2.95. The van der Waals surface area contributed by atoms with E-state index in [4.69, 9.17) is 0 Å². The molecular weight excluding hydrogens is 461 g/mol. The second-order valence-electron chi connectivity index (χ2n) is 7.12. The number of nitrogens with zero attached hydrogens (tertiary/aromatic N) is 2. The molecule has 0 aromatic heterocycles. The third-order valence-electron chi connectivity index (χ3n) is 4.71. The molecule has 1 N–H and O–H groups in total. The number of esters is 1. The van der Waals surface area contributed by atoms with Crippen LogP contribution in [0.3, 0.4) is 0 Å². The summed E-state index contributed by atoms with van der Waals surface area (Å²) in [4.78, 5) is 24.0. The highest BCUT2D eigenvalue weighted by atomic mass is 32.2. The largest absolute Gasteiger partial charge is 0.465 e. The van der Waals surface area contributed by atoms with Crippen molar-refractivity contribution in [2.45, 2.75) is 11.4 Å². The maximum atomic E-state index is 13.3. The average Bonchev–Trinajstić information content (AvgIpc) is 2.85. The molecule has 10 heteroatoms. The number of benzene rings is 3. The lowest BCUT2D eigenvalue weighted by Gasteiger charge is -2.21. The quantitative estimate of drug-likeness (QED) is 0.286. The lowest BCUT2D eigenvalue weighted by molar-refractivity contribution is -0.121. The first kappa shape index (κ1) is 24.7. The van der Waals surface area contributed by atoms with Crippen LogP contribution < -0.4 is 5.43 Å². The monoisotopic (exact) mass is 483 g/mol. The van der Waals surface area contributed by atoms with E-state index < -0.39 is 34.3 Å². The molecule has 34 heavy (non-hydrogen) atoms. The van der Waals surface area contributed by atoms with Crippen LogP contribution in [0.2, 0.25) is 0 Å². The van der Waals surface area contributed by atoms with E-state index in [0.717, 1.165) is 4.31 Å². The number of carbonyl (C=O) groups excluding carboxylic acids is 2. The average molecular weight is 484 g/mol. The van der Waals surface area contributed by atoms with Crippen molar-refractivity contribution in [2.24, 2.45) is 5.10 Å². The zero-order chi connectivity index (χ0) is 24.6. The van der Waals surface area contributed by atoms with Gasteiger partial charge >= 0.3 is 5.97 Å². The van der Waals surface area contributed by atoms with Gasteiger partial charge in [-0.15, -0.1) is 0 Å². The van der Waals surface area contributed by atoms with Gasteiger partial charge in [0, 0.05) is 6.54 Å². The molecule has 1 amide bonds. The Morgan fingerprint density at radius 3 is 2.26 bits per heavy atom. The van der Waals surface area contributed by atoms with Crippen molar-refractivity contribution >= 4 is 28.1 Å². The number of halogens is 1. The number of rotatable bonds is 9. The van der Waals surface area contributed by atoms with Crippen LogP contribution in [0.5, 0.6) is 0 Å². The van der Waals surface area contributed by atoms with E-state index in [1.807, 2.05) is 0 Å². The van der Waals surface area contributed by atoms with Crippen LogP contribution in [-0.4, -0.2) is 44.5 Å². The Morgan fingerprint density at radius 1 is 1.00 bits per heavy atom. The van der Waals surface area contributed by atoms with Crippen LogP contribution in [0.4, 0.5) is 4.39 Å². The summed E-state index contributed by atoms with van der Waals surface area (Å²) in [5.74, 6) is -1.59. The summed E-state index contributed by atoms with van der Waals surface area (Å²) in [6.45, 7) is -0.642. The molecule has 0 aliphatic heterocycles. The van der Waals surface area contributed by atoms with Gasteiger partial charge in [0.15, 0.2) is 0 Å². The molecule has 0 unspecified atom stereocenters. The summed E-state index contributed by atoms with van der Waals surface area (Å²) in [7, 11) is -2.73. The number of carbonyl (C=O) groups is 2. The second kappa shape index (κ2) is 11.3. The first-order chi connectivity index (χ1) is 16.3. The minimum atomic E-state index is -4.01. The van der Waals surface area contributed by atoms with Crippen LogP contribution in [0.1, 0.15) is 21.5 Å². The van der Waals surface area contributed by atoms with E-state index in [2.05, 4.69) is 15.3 Å². The normalized spacial score (nSPS) is 11.5. The number of methoxy groups -OCH3 is 1. The Labute approximate surface area is 196 Å². The highest BCUT2D eigenvalue weighted by Crippen LogP contribution is 2.18. The lowest BCUT2D eigenvalue weighted by atomic mass is 10.1. The summed E-state index contributed by atoms with van der Waals surface area (Å²) in [5.41, 5.74) is 3.79. The molecule has 3 aromatic rings. The van der Waals surface area contributed by atoms with Gasteiger partial charge in [-0.05, 0) is 47.5 Å². The van der Waals surface area contributed by atoms with E-state index in [1.54, 1.807) is 42.5 Å². The summed E-state index contributed by atoms with van der Waals surface area (Å²) in [6.07, 6.45) is 1.36. The minimum Gasteiger partial charge on any atom is -0.465 e. The molecule has 8 nitrogen and oxygen atoms in total. The minimum absolute atomic E-state index is 0.0270. The van der Waals surface area contributed by atoms with E-state index in [-0.39, 0.29) is 11.4 Å². The molecule has 0 fully saturated rings. The Bertz CT molecular complexity index is 1260. The maximum Gasteiger partial charge on any atom is 0.337 e. The fourth-order valence-corrected chi connectivity index (χ4v) is 4.36. The van der Waals surface area contributed by atoms with Crippen molar-refractivity contribution in [1.29, 1.82) is 0 Å². The number of amides is 1. The summed E-state index contributed by atoms with van der Waals surface area (Å²) >= 11 is 0. The maximum absolute atomic E-state index is 13.3. The van der Waals surface area contributed by atoms with Crippen molar-refractivity contribution in [3.05, 3.63) is 101 Å². The number of hydrazone groups is 1. The Morgan fingerprint density at radius 2 is 1.65 bits per heavy atom. The molecule has 0 bridgehead atoms. The summed E-state index contributed by atoms with van der Waals surface area (Å²) < 4.78 is 45.2. The molecule has 0 heterocycles. The first-order valence-corrected chi connectivity index (χ1v) is 11.5. The van der Waals surface area contributed by atoms with Gasteiger partial charge in [-0.3, -0.25) is 4.79 Å². The predicted molar refractivity (Wildman–Crippen MR) is 124 cm³/mol. The highest BCUT2D eigenvalue weighted by Gasteiger charge is 2.26. The van der Waals surface area contributed by atoms with Gasteiger partial charge in [0.25, 0.3) is 5.91 Å². The fourth-order valence-electron chi connectivity index (χ4n) is 2.96. The van der Waals surface area contributed by atoms with Crippen LogP contribution in [0.25, 0.3) is 0 Å². The second-order valence-corrected chi connectivity index (χ2v) is 9.06. The first-order valence-electron chi connectivity index (χ1n) is 10.1. The number of sulfonamides is 1. The van der Waals surface area contributed by atoms with Crippen LogP contribution in [0.15, 0.2) is 88.9 Å². The van der Waals surface area contributed by atoms with Crippen molar-refractivity contribution in [3.8, 4) is 0 Å². The van der Waals surface area contributed by atoms with Crippen molar-refractivity contribution < 1.29 is 27.1 Å². The van der Waals surface area contributed by atoms with Gasteiger partial charge in [0.1, 0.15) is 5.82 Å². The number of hydrogen-bond acceptors (Lipinski definition) is 6. The molecule has 0 atom stereocenters. The van der Waals surface area contributed by atoms with Gasteiger partial charge in [0.2, 0.25) is 10.0 Å². The topological polar surface area (TPSA) is 105 Å². The van der Waals surface area contributed by atoms with Crippen molar-refractivity contribution in [2.75, 3.05) is 13.7 Å². The lowest BCUT2D eigenvalue weighted by Crippen LogP contribution is -2.39. The Kier molecular flexibility index (Phi) is 8.23. The molecule has 0 aliphatic rings. The molecule has 0 spiro atoms. The van der Waals surface area contributed by atoms with Gasteiger partial charge < -0.3 is 4.74 Å². The van der Waals surface area contributed by atoms with Crippen LogP contribution in [0, 0.1) is 5.82 Å². The van der Waals surface area contributed by atoms with Crippen LogP contribution in [-0.2, 0) is 26.1 Å². The summed E-state index contributed by atoms with van der Waals surface area (Å²) in [6, 6.07) is 19.4. The molecule has 0 saturated carbocycles. The molecule has 0 radical (unpaired) electrons. The number of nitrogens with one attached hydrogen (secondary N) is 1. The zero-order valence-corrected chi connectivity index (χ0v) is 19.0. The Balaban J connectivity index is 1.72. The smallest absolute Gasteiger partial charge is 0.337 e. The standard InChI is InChI=1S/C24H22FN3O5S/c1-33-24(30)20-11-7-18(8-12-20)15-26-27-23(29)17-28(16-19-9-13-21(25)14-10-19)34(31,32)22-5-3-2-4-6-22/h2-15H,16-17H2,1H3,(H,27,29)/b26-15-.